The minimum Gasteiger partial charge on any atom is -0.460 e. The second kappa shape index (κ2) is 6.85. The average molecular weight is 261 g/mol. The van der Waals surface area contributed by atoms with Crippen LogP contribution in [0.4, 0.5) is 0 Å². The van der Waals surface area contributed by atoms with Crippen molar-refractivity contribution in [3.05, 3.63) is 28.8 Å². The standard InChI is InChI=1S/C11H14ClO3P/c1-14-3-4-15-11(13)8-5-9(12)7-10(6-8)16-2/h5-7,16H,3-4H2,1-2H3. The fourth-order valence-corrected chi connectivity index (χ4v) is 2.08. The van der Waals surface area contributed by atoms with Gasteiger partial charge in [-0.1, -0.05) is 20.2 Å². The molecule has 3 nitrogen and oxygen atoms in total. The molecule has 1 rings (SSSR count). The van der Waals surface area contributed by atoms with Gasteiger partial charge in [0.2, 0.25) is 0 Å². The molecule has 0 saturated carbocycles. The summed E-state index contributed by atoms with van der Waals surface area (Å²) >= 11 is 5.91. The fraction of sp³-hybridized carbons (Fsp3) is 0.364. The zero-order valence-electron chi connectivity index (χ0n) is 9.25. The van der Waals surface area contributed by atoms with Crippen LogP contribution in [0.3, 0.4) is 0 Å². The Hall–Kier alpha value is -0.630. The Morgan fingerprint density at radius 1 is 1.38 bits per heavy atom. The number of hydrogen-bond donors (Lipinski definition) is 0. The maximum atomic E-state index is 11.6. The molecule has 5 heteroatoms. The lowest BCUT2D eigenvalue weighted by molar-refractivity contribution is 0.0388. The molecule has 0 aliphatic rings. The van der Waals surface area contributed by atoms with Crippen molar-refractivity contribution in [2.24, 2.45) is 0 Å². The molecule has 16 heavy (non-hydrogen) atoms. The fourth-order valence-electron chi connectivity index (χ4n) is 1.15. The number of carbonyl (C=O) groups is 1. The van der Waals surface area contributed by atoms with Crippen molar-refractivity contribution in [3.8, 4) is 0 Å². The van der Waals surface area contributed by atoms with Crippen LogP contribution >= 0.6 is 20.2 Å². The average Bonchev–Trinajstić information content (AvgIpc) is 2.28. The molecule has 1 aromatic rings. The van der Waals surface area contributed by atoms with Crippen molar-refractivity contribution in [3.63, 3.8) is 0 Å². The molecule has 0 aliphatic carbocycles. The van der Waals surface area contributed by atoms with Gasteiger partial charge in [0.25, 0.3) is 0 Å². The lowest BCUT2D eigenvalue weighted by atomic mass is 10.2. The molecule has 0 aromatic heterocycles. The third-order valence-electron chi connectivity index (χ3n) is 1.94. The number of carbonyl (C=O) groups excluding carboxylic acids is 1. The highest BCUT2D eigenvalue weighted by Gasteiger charge is 2.08. The molecule has 1 atom stereocenters. The molecule has 0 amide bonds. The number of halogens is 1. The Morgan fingerprint density at radius 3 is 2.75 bits per heavy atom. The van der Waals surface area contributed by atoms with Crippen molar-refractivity contribution in [2.75, 3.05) is 27.0 Å². The maximum Gasteiger partial charge on any atom is 0.338 e. The lowest BCUT2D eigenvalue weighted by Gasteiger charge is -2.06. The molecule has 0 aliphatic heterocycles. The number of rotatable bonds is 5. The Morgan fingerprint density at radius 2 is 2.12 bits per heavy atom. The summed E-state index contributed by atoms with van der Waals surface area (Å²) in [7, 11) is 2.16. The van der Waals surface area contributed by atoms with Crippen molar-refractivity contribution in [1.82, 2.24) is 0 Å². The van der Waals surface area contributed by atoms with E-state index >= 15 is 0 Å². The van der Waals surface area contributed by atoms with Crippen molar-refractivity contribution in [2.45, 2.75) is 0 Å². The van der Waals surface area contributed by atoms with Gasteiger partial charge in [-0.2, -0.15) is 0 Å². The highest BCUT2D eigenvalue weighted by atomic mass is 35.5. The van der Waals surface area contributed by atoms with Crippen LogP contribution in [0.5, 0.6) is 0 Å². The molecule has 0 heterocycles. The third-order valence-corrected chi connectivity index (χ3v) is 3.03. The van der Waals surface area contributed by atoms with Crippen LogP contribution in [0, 0.1) is 0 Å². The molecular formula is C11H14ClO3P. The first kappa shape index (κ1) is 13.4. The summed E-state index contributed by atoms with van der Waals surface area (Å²) in [5.41, 5.74) is 0.493. The predicted molar refractivity (Wildman–Crippen MR) is 67.5 cm³/mol. The number of benzene rings is 1. The van der Waals surface area contributed by atoms with E-state index in [2.05, 4.69) is 0 Å². The molecule has 1 unspecified atom stereocenters. The van der Waals surface area contributed by atoms with E-state index in [0.29, 0.717) is 25.8 Å². The third kappa shape index (κ3) is 4.09. The van der Waals surface area contributed by atoms with Crippen LogP contribution < -0.4 is 5.30 Å². The van der Waals surface area contributed by atoms with Gasteiger partial charge in [0.05, 0.1) is 12.2 Å². The molecule has 0 radical (unpaired) electrons. The Bertz CT molecular complexity index is 368. The smallest absolute Gasteiger partial charge is 0.338 e. The van der Waals surface area contributed by atoms with Gasteiger partial charge in [0.1, 0.15) is 6.61 Å². The summed E-state index contributed by atoms with van der Waals surface area (Å²) in [5, 5.41) is 1.61. The predicted octanol–water partition coefficient (Wildman–Crippen LogP) is 2.08. The van der Waals surface area contributed by atoms with E-state index in [9.17, 15) is 4.79 Å². The monoisotopic (exact) mass is 260 g/mol. The molecule has 0 spiro atoms. The summed E-state index contributed by atoms with van der Waals surface area (Å²) in [5.74, 6) is -0.362. The van der Waals surface area contributed by atoms with Crippen LogP contribution in [-0.2, 0) is 9.47 Å². The Kier molecular flexibility index (Phi) is 5.75. The Labute approximate surface area is 102 Å². The second-order valence-electron chi connectivity index (χ2n) is 3.11. The van der Waals surface area contributed by atoms with Gasteiger partial charge >= 0.3 is 5.97 Å². The van der Waals surface area contributed by atoms with Gasteiger partial charge in [-0.15, -0.1) is 0 Å². The molecule has 0 bridgehead atoms. The topological polar surface area (TPSA) is 35.5 Å². The maximum absolute atomic E-state index is 11.6. The molecule has 0 N–H and O–H groups in total. The van der Waals surface area contributed by atoms with Crippen LogP contribution in [0.15, 0.2) is 18.2 Å². The second-order valence-corrected chi connectivity index (χ2v) is 4.62. The summed E-state index contributed by atoms with van der Waals surface area (Å²) < 4.78 is 9.80. The van der Waals surface area contributed by atoms with E-state index in [-0.39, 0.29) is 12.6 Å². The number of ether oxygens (including phenoxy) is 2. The zero-order chi connectivity index (χ0) is 12.0. The van der Waals surface area contributed by atoms with Crippen molar-refractivity contribution >= 4 is 31.5 Å². The van der Waals surface area contributed by atoms with E-state index in [1.165, 1.54) is 0 Å². The molecule has 1 aromatic carbocycles. The SMILES string of the molecule is COCCOC(=O)c1cc(Cl)cc(PC)c1. The van der Waals surface area contributed by atoms with Crippen LogP contribution in [0.1, 0.15) is 10.4 Å². The van der Waals surface area contributed by atoms with Crippen LogP contribution in [0.25, 0.3) is 0 Å². The first-order chi connectivity index (χ1) is 7.67. The molecular weight excluding hydrogens is 247 g/mol. The Balaban J connectivity index is 2.71. The van der Waals surface area contributed by atoms with Gasteiger partial charge in [0.15, 0.2) is 0 Å². The summed E-state index contributed by atoms with van der Waals surface area (Å²) in [6.45, 7) is 2.69. The van der Waals surface area contributed by atoms with E-state index in [0.717, 1.165) is 5.30 Å². The van der Waals surface area contributed by atoms with Crippen LogP contribution in [-0.4, -0.2) is 33.0 Å². The van der Waals surface area contributed by atoms with Crippen LogP contribution in [0.2, 0.25) is 5.02 Å². The van der Waals surface area contributed by atoms with Gasteiger partial charge < -0.3 is 9.47 Å². The van der Waals surface area contributed by atoms with Gasteiger partial charge in [0, 0.05) is 12.1 Å². The van der Waals surface area contributed by atoms with E-state index < -0.39 is 0 Å². The van der Waals surface area contributed by atoms with Crippen molar-refractivity contribution in [1.29, 1.82) is 0 Å². The highest BCUT2D eigenvalue weighted by Crippen LogP contribution is 2.15. The zero-order valence-corrected chi connectivity index (χ0v) is 11.0. The normalized spacial score (nSPS) is 10.9. The number of methoxy groups -OCH3 is 1. The first-order valence-electron chi connectivity index (χ1n) is 4.81. The number of hydrogen-bond acceptors (Lipinski definition) is 3. The van der Waals surface area contributed by atoms with Gasteiger partial charge in [-0.3, -0.25) is 0 Å². The summed E-state index contributed by atoms with van der Waals surface area (Å²) in [4.78, 5) is 11.6. The first-order valence-corrected chi connectivity index (χ1v) is 6.69. The largest absolute Gasteiger partial charge is 0.460 e. The van der Waals surface area contributed by atoms with E-state index in [1.54, 1.807) is 19.2 Å². The lowest BCUT2D eigenvalue weighted by Crippen LogP contribution is -2.11. The van der Waals surface area contributed by atoms with Gasteiger partial charge in [-0.05, 0) is 30.2 Å². The molecule has 0 fully saturated rings. The van der Waals surface area contributed by atoms with E-state index in [4.69, 9.17) is 21.1 Å². The quantitative estimate of drug-likeness (QED) is 0.462. The van der Waals surface area contributed by atoms with Gasteiger partial charge in [-0.25, -0.2) is 4.79 Å². The minimum absolute atomic E-state index is 0.256. The van der Waals surface area contributed by atoms with E-state index in [1.807, 2.05) is 12.7 Å². The number of esters is 1. The minimum atomic E-state index is -0.362. The van der Waals surface area contributed by atoms with Crippen molar-refractivity contribution < 1.29 is 14.3 Å². The highest BCUT2D eigenvalue weighted by molar-refractivity contribution is 7.46. The summed E-state index contributed by atoms with van der Waals surface area (Å²) in [6, 6.07) is 5.27. The summed E-state index contributed by atoms with van der Waals surface area (Å²) in [6.07, 6.45) is 0. The molecule has 88 valence electrons. The molecule has 0 saturated heterocycles.